The Bertz CT molecular complexity index is 146. The lowest BCUT2D eigenvalue weighted by Gasteiger charge is -2.04. The number of amides is 1. The first-order valence-electron chi connectivity index (χ1n) is 2.69. The van der Waals surface area contributed by atoms with Gasteiger partial charge in [-0.2, -0.15) is 0 Å². The van der Waals surface area contributed by atoms with Gasteiger partial charge in [-0.3, -0.25) is 9.79 Å². The molecule has 0 saturated carbocycles. The Morgan fingerprint density at radius 3 is 3.22 bits per heavy atom. The Morgan fingerprint density at radius 2 is 2.78 bits per heavy atom. The van der Waals surface area contributed by atoms with Gasteiger partial charge in [-0.05, 0) is 0 Å². The third kappa shape index (κ3) is 2.05. The molecular formula is C5H8N2OS. The van der Waals surface area contributed by atoms with Gasteiger partial charge in [0.2, 0.25) is 5.91 Å². The molecule has 0 radical (unpaired) electrons. The molecule has 1 unspecified atom stereocenters. The summed E-state index contributed by atoms with van der Waals surface area (Å²) in [5.74, 6) is 0.860. The zero-order chi connectivity index (χ0) is 6.69. The van der Waals surface area contributed by atoms with Gasteiger partial charge < -0.3 is 5.32 Å². The van der Waals surface area contributed by atoms with Crippen LogP contribution in [0.25, 0.3) is 0 Å². The van der Waals surface area contributed by atoms with Crippen LogP contribution in [0.5, 0.6) is 0 Å². The van der Waals surface area contributed by atoms with Gasteiger partial charge in [0, 0.05) is 12.7 Å². The fourth-order valence-electron chi connectivity index (χ4n) is 0.607. The second-order valence-corrected chi connectivity index (χ2v) is 2.68. The summed E-state index contributed by atoms with van der Waals surface area (Å²) in [5.41, 5.74) is 1.76. The van der Waals surface area contributed by atoms with E-state index in [1.165, 1.54) is 6.92 Å². The predicted molar refractivity (Wildman–Crippen MR) is 38.6 cm³/mol. The van der Waals surface area contributed by atoms with Crippen LogP contribution in [-0.4, -0.2) is 23.4 Å². The molecule has 1 N–H and O–H groups in total. The molecule has 0 aromatic rings. The van der Waals surface area contributed by atoms with Crippen molar-refractivity contribution in [3.05, 3.63) is 0 Å². The number of aliphatic imine (C=N–C) groups is 1. The fraction of sp³-hybridized carbons (Fsp3) is 0.600. The number of rotatable bonds is 1. The van der Waals surface area contributed by atoms with E-state index in [4.69, 9.17) is 0 Å². The molecule has 50 valence electrons. The van der Waals surface area contributed by atoms with Gasteiger partial charge in [0.25, 0.3) is 0 Å². The van der Waals surface area contributed by atoms with Gasteiger partial charge in [0.15, 0.2) is 0 Å². The smallest absolute Gasteiger partial charge is 0.218 e. The van der Waals surface area contributed by atoms with Crippen LogP contribution >= 0.6 is 11.8 Å². The van der Waals surface area contributed by atoms with Crippen molar-refractivity contribution in [2.75, 3.05) is 5.75 Å². The molecule has 1 aliphatic rings. The average Bonchev–Trinajstić information content (AvgIpc) is 2.15. The van der Waals surface area contributed by atoms with Gasteiger partial charge in [0.05, 0.1) is 5.55 Å². The van der Waals surface area contributed by atoms with Crippen LogP contribution in [0.15, 0.2) is 4.99 Å². The number of nitrogens with one attached hydrogen (secondary N) is 1. The third-order valence-electron chi connectivity index (χ3n) is 0.939. The second kappa shape index (κ2) is 2.87. The minimum absolute atomic E-state index is 0.0142. The van der Waals surface area contributed by atoms with Crippen molar-refractivity contribution < 1.29 is 4.79 Å². The maximum absolute atomic E-state index is 10.4. The summed E-state index contributed by atoms with van der Waals surface area (Å²) < 4.78 is 0. The van der Waals surface area contributed by atoms with E-state index in [9.17, 15) is 4.79 Å². The number of hydrogen-bond acceptors (Lipinski definition) is 3. The highest BCUT2D eigenvalue weighted by Crippen LogP contribution is 2.07. The monoisotopic (exact) mass is 144 g/mol. The molecule has 3 nitrogen and oxygen atoms in total. The highest BCUT2D eigenvalue weighted by atomic mass is 32.2. The molecule has 9 heavy (non-hydrogen) atoms. The topological polar surface area (TPSA) is 41.5 Å². The maximum Gasteiger partial charge on any atom is 0.218 e. The summed E-state index contributed by atoms with van der Waals surface area (Å²) in [4.78, 5) is 14.4. The Balaban J connectivity index is 2.28. The molecule has 1 atom stereocenters. The van der Waals surface area contributed by atoms with Crippen LogP contribution in [0.3, 0.4) is 0 Å². The first kappa shape index (κ1) is 6.61. The van der Waals surface area contributed by atoms with E-state index in [2.05, 4.69) is 10.3 Å². The molecule has 0 aromatic heterocycles. The number of nitrogens with zero attached hydrogens (tertiary/aromatic N) is 1. The molecule has 0 fully saturated rings. The van der Waals surface area contributed by atoms with Gasteiger partial charge in [0.1, 0.15) is 6.17 Å². The summed E-state index contributed by atoms with van der Waals surface area (Å²) in [5, 5.41) is 2.68. The Morgan fingerprint density at radius 1 is 2.00 bits per heavy atom. The SMILES string of the molecule is CC(=O)NC1CSC=N1. The predicted octanol–water partition coefficient (Wildman–Crippen LogP) is 0.224. The Labute approximate surface area is 57.9 Å². The second-order valence-electron chi connectivity index (χ2n) is 1.80. The molecular weight excluding hydrogens is 136 g/mol. The van der Waals surface area contributed by atoms with E-state index < -0.39 is 0 Å². The molecule has 0 saturated heterocycles. The lowest BCUT2D eigenvalue weighted by Crippen LogP contribution is -2.31. The third-order valence-corrected chi connectivity index (χ3v) is 1.72. The molecule has 0 spiro atoms. The first-order valence-corrected chi connectivity index (χ1v) is 3.74. The van der Waals surface area contributed by atoms with Crippen LogP contribution < -0.4 is 5.32 Å². The van der Waals surface area contributed by atoms with Crippen molar-refractivity contribution in [2.24, 2.45) is 4.99 Å². The molecule has 1 heterocycles. The molecule has 4 heteroatoms. The summed E-state index contributed by atoms with van der Waals surface area (Å²) in [6, 6.07) is 0. The minimum Gasteiger partial charge on any atom is -0.334 e. The largest absolute Gasteiger partial charge is 0.334 e. The molecule has 1 rings (SSSR count). The Kier molecular flexibility index (Phi) is 2.10. The van der Waals surface area contributed by atoms with Crippen molar-refractivity contribution in [1.82, 2.24) is 5.32 Å². The zero-order valence-corrected chi connectivity index (χ0v) is 5.94. The van der Waals surface area contributed by atoms with E-state index in [1.807, 2.05) is 0 Å². The Hall–Kier alpha value is -0.510. The zero-order valence-electron chi connectivity index (χ0n) is 5.13. The van der Waals surface area contributed by atoms with Crippen molar-refractivity contribution in [2.45, 2.75) is 13.1 Å². The van der Waals surface area contributed by atoms with Crippen LogP contribution in [0.4, 0.5) is 0 Å². The highest BCUT2D eigenvalue weighted by molar-refractivity contribution is 8.12. The van der Waals surface area contributed by atoms with Gasteiger partial charge in [-0.1, -0.05) is 0 Å². The molecule has 1 aliphatic heterocycles. The van der Waals surface area contributed by atoms with Gasteiger partial charge in [-0.25, -0.2) is 0 Å². The van der Waals surface area contributed by atoms with E-state index in [-0.39, 0.29) is 12.1 Å². The van der Waals surface area contributed by atoms with Crippen molar-refractivity contribution in [1.29, 1.82) is 0 Å². The van der Waals surface area contributed by atoms with Gasteiger partial charge >= 0.3 is 0 Å². The minimum atomic E-state index is -0.0142. The lowest BCUT2D eigenvalue weighted by atomic mass is 10.5. The molecule has 0 bridgehead atoms. The van der Waals surface area contributed by atoms with E-state index in [0.717, 1.165) is 5.75 Å². The molecule has 1 amide bonds. The van der Waals surface area contributed by atoms with Crippen molar-refractivity contribution >= 4 is 23.2 Å². The van der Waals surface area contributed by atoms with Crippen LogP contribution in [0.1, 0.15) is 6.92 Å². The standard InChI is InChI=1S/C5H8N2OS/c1-4(8)7-5-2-9-3-6-5/h3,5H,2H2,1H3,(H,7,8). The quantitative estimate of drug-likeness (QED) is 0.572. The molecule has 0 aliphatic carbocycles. The summed E-state index contributed by atoms with van der Waals surface area (Å²) in [7, 11) is 0. The molecule has 0 aromatic carbocycles. The van der Waals surface area contributed by atoms with Crippen LogP contribution in [0.2, 0.25) is 0 Å². The summed E-state index contributed by atoms with van der Waals surface area (Å²) in [6.07, 6.45) is 0.0208. The first-order chi connectivity index (χ1) is 4.29. The van der Waals surface area contributed by atoms with Crippen molar-refractivity contribution in [3.63, 3.8) is 0 Å². The van der Waals surface area contributed by atoms with Crippen LogP contribution in [-0.2, 0) is 4.79 Å². The number of carbonyl (C=O) groups excluding carboxylic acids is 1. The van der Waals surface area contributed by atoms with Crippen LogP contribution in [0, 0.1) is 0 Å². The van der Waals surface area contributed by atoms with Crippen molar-refractivity contribution in [3.8, 4) is 0 Å². The average molecular weight is 144 g/mol. The number of thioether (sulfide) groups is 1. The lowest BCUT2D eigenvalue weighted by molar-refractivity contribution is -0.119. The highest BCUT2D eigenvalue weighted by Gasteiger charge is 2.10. The maximum atomic E-state index is 10.4. The van der Waals surface area contributed by atoms with E-state index in [0.29, 0.717) is 0 Å². The summed E-state index contributed by atoms with van der Waals surface area (Å²) in [6.45, 7) is 1.50. The van der Waals surface area contributed by atoms with Gasteiger partial charge in [-0.15, -0.1) is 11.8 Å². The summed E-state index contributed by atoms with van der Waals surface area (Å²) >= 11 is 1.62. The fourth-order valence-corrected chi connectivity index (χ4v) is 1.28. The normalized spacial score (nSPS) is 24.3. The van der Waals surface area contributed by atoms with E-state index in [1.54, 1.807) is 17.3 Å². The van der Waals surface area contributed by atoms with E-state index >= 15 is 0 Å². The number of carbonyl (C=O) groups is 1. The number of hydrogen-bond donors (Lipinski definition) is 1.